The number of carbonyl (C=O) groups excluding carboxylic acids is 1. The second kappa shape index (κ2) is 6.32. The van der Waals surface area contributed by atoms with E-state index < -0.39 is 0 Å². The molecule has 0 saturated carbocycles. The van der Waals surface area contributed by atoms with Gasteiger partial charge in [-0.1, -0.05) is 20.3 Å². The summed E-state index contributed by atoms with van der Waals surface area (Å²) in [5, 5.41) is 4.10. The van der Waals surface area contributed by atoms with Crippen molar-refractivity contribution in [3.63, 3.8) is 0 Å². The Morgan fingerprint density at radius 3 is 2.73 bits per heavy atom. The molecule has 1 heterocycles. The van der Waals surface area contributed by atoms with E-state index in [0.29, 0.717) is 18.6 Å². The van der Waals surface area contributed by atoms with Gasteiger partial charge in [0.2, 0.25) is 0 Å². The average Bonchev–Trinajstić information content (AvgIpc) is 2.70. The minimum absolute atomic E-state index is 0.191. The Morgan fingerprint density at radius 2 is 2.20 bits per heavy atom. The second-order valence-electron chi connectivity index (χ2n) is 3.81. The van der Waals surface area contributed by atoms with E-state index in [4.69, 9.17) is 0 Å². The Labute approximate surface area is 90.7 Å². The number of nitrogens with zero attached hydrogens (tertiary/aromatic N) is 3. The van der Waals surface area contributed by atoms with Crippen LogP contribution in [0.15, 0.2) is 12.7 Å². The molecule has 0 amide bonds. The maximum absolute atomic E-state index is 11.6. The molecule has 0 aliphatic carbocycles. The van der Waals surface area contributed by atoms with Crippen LogP contribution in [0.2, 0.25) is 0 Å². The van der Waals surface area contributed by atoms with E-state index in [9.17, 15) is 4.79 Å². The van der Waals surface area contributed by atoms with Crippen molar-refractivity contribution >= 4 is 5.78 Å². The number of aromatic nitrogens is 3. The summed E-state index contributed by atoms with van der Waals surface area (Å²) in [5.74, 6) is 0.325. The summed E-state index contributed by atoms with van der Waals surface area (Å²) in [5.41, 5.74) is 0. The number of Topliss-reactive ketones (excluding diaryl/α,β-unsaturated/α-hetero) is 1. The van der Waals surface area contributed by atoms with E-state index in [1.54, 1.807) is 11.0 Å². The predicted octanol–water partition coefficient (Wildman–Crippen LogP) is 2.38. The molecule has 1 aromatic heterocycles. The summed E-state index contributed by atoms with van der Waals surface area (Å²) in [6.45, 7) is 4.15. The molecule has 1 unspecified atom stereocenters. The van der Waals surface area contributed by atoms with Crippen LogP contribution < -0.4 is 0 Å². The zero-order valence-corrected chi connectivity index (χ0v) is 9.52. The molecule has 0 aliphatic rings. The van der Waals surface area contributed by atoms with E-state index in [1.807, 2.05) is 6.92 Å². The third-order valence-corrected chi connectivity index (χ3v) is 2.42. The standard InChI is InChI=1S/C11H19N3O/c1-3-5-10(7-11(15)6-4-2)14-9-12-8-13-14/h8-10H,3-7H2,1-2H3. The van der Waals surface area contributed by atoms with Crippen LogP contribution in [0.3, 0.4) is 0 Å². The van der Waals surface area contributed by atoms with Crippen molar-refractivity contribution < 1.29 is 4.79 Å². The maximum atomic E-state index is 11.6. The SMILES string of the molecule is CCCC(=O)CC(CCC)n1cncn1. The minimum atomic E-state index is 0.191. The van der Waals surface area contributed by atoms with E-state index >= 15 is 0 Å². The molecule has 1 rings (SSSR count). The first-order valence-corrected chi connectivity index (χ1v) is 5.63. The van der Waals surface area contributed by atoms with Crippen molar-refractivity contribution in [2.24, 2.45) is 0 Å². The maximum Gasteiger partial charge on any atom is 0.137 e. The van der Waals surface area contributed by atoms with Gasteiger partial charge < -0.3 is 0 Å². The lowest BCUT2D eigenvalue weighted by atomic mass is 10.0. The van der Waals surface area contributed by atoms with E-state index in [0.717, 1.165) is 19.3 Å². The largest absolute Gasteiger partial charge is 0.300 e. The van der Waals surface area contributed by atoms with Gasteiger partial charge in [0.05, 0.1) is 6.04 Å². The Kier molecular flexibility index (Phi) is 5.01. The van der Waals surface area contributed by atoms with Crippen LogP contribution in [-0.4, -0.2) is 20.5 Å². The molecule has 1 atom stereocenters. The van der Waals surface area contributed by atoms with Crippen LogP contribution in [0, 0.1) is 0 Å². The fraction of sp³-hybridized carbons (Fsp3) is 0.727. The zero-order chi connectivity index (χ0) is 11.1. The van der Waals surface area contributed by atoms with Crippen LogP contribution in [0.5, 0.6) is 0 Å². The highest BCUT2D eigenvalue weighted by Gasteiger charge is 2.14. The first-order chi connectivity index (χ1) is 7.27. The molecule has 0 saturated heterocycles. The smallest absolute Gasteiger partial charge is 0.137 e. The molecule has 84 valence electrons. The number of rotatable bonds is 7. The number of ketones is 1. The average molecular weight is 209 g/mol. The zero-order valence-electron chi connectivity index (χ0n) is 9.52. The van der Waals surface area contributed by atoms with Gasteiger partial charge in [-0.15, -0.1) is 0 Å². The second-order valence-corrected chi connectivity index (χ2v) is 3.81. The molecular formula is C11H19N3O. The van der Waals surface area contributed by atoms with E-state index in [2.05, 4.69) is 17.0 Å². The predicted molar refractivity (Wildman–Crippen MR) is 58.5 cm³/mol. The van der Waals surface area contributed by atoms with Crippen molar-refractivity contribution in [3.8, 4) is 0 Å². The third-order valence-electron chi connectivity index (χ3n) is 2.42. The summed E-state index contributed by atoms with van der Waals surface area (Å²) in [7, 11) is 0. The van der Waals surface area contributed by atoms with E-state index in [1.165, 1.54) is 6.33 Å². The van der Waals surface area contributed by atoms with Crippen LogP contribution in [0.4, 0.5) is 0 Å². The summed E-state index contributed by atoms with van der Waals surface area (Å²) in [6.07, 6.45) is 7.45. The van der Waals surface area contributed by atoms with Crippen molar-refractivity contribution in [3.05, 3.63) is 12.7 Å². The number of hydrogen-bond acceptors (Lipinski definition) is 3. The van der Waals surface area contributed by atoms with Gasteiger partial charge in [0.15, 0.2) is 0 Å². The highest BCUT2D eigenvalue weighted by atomic mass is 16.1. The Balaban J connectivity index is 2.55. The van der Waals surface area contributed by atoms with Gasteiger partial charge >= 0.3 is 0 Å². The van der Waals surface area contributed by atoms with E-state index in [-0.39, 0.29) is 6.04 Å². The lowest BCUT2D eigenvalue weighted by Crippen LogP contribution is -2.14. The van der Waals surface area contributed by atoms with Crippen LogP contribution in [-0.2, 0) is 4.79 Å². The fourth-order valence-corrected chi connectivity index (χ4v) is 1.71. The van der Waals surface area contributed by atoms with Crippen LogP contribution in [0.25, 0.3) is 0 Å². The summed E-state index contributed by atoms with van der Waals surface area (Å²) < 4.78 is 1.80. The number of carbonyl (C=O) groups is 1. The van der Waals surface area contributed by atoms with Crippen molar-refractivity contribution in [2.45, 2.75) is 52.0 Å². The van der Waals surface area contributed by atoms with Gasteiger partial charge in [0.1, 0.15) is 18.4 Å². The van der Waals surface area contributed by atoms with Gasteiger partial charge in [-0.05, 0) is 12.8 Å². The summed E-state index contributed by atoms with van der Waals surface area (Å²) >= 11 is 0. The van der Waals surface area contributed by atoms with Gasteiger partial charge in [-0.3, -0.25) is 4.79 Å². The summed E-state index contributed by atoms with van der Waals surface area (Å²) in [6, 6.07) is 0.191. The topological polar surface area (TPSA) is 47.8 Å². The third kappa shape index (κ3) is 3.81. The van der Waals surface area contributed by atoms with Crippen molar-refractivity contribution in [1.82, 2.24) is 14.8 Å². The normalized spacial score (nSPS) is 12.7. The van der Waals surface area contributed by atoms with Crippen LogP contribution >= 0.6 is 0 Å². The van der Waals surface area contributed by atoms with Crippen molar-refractivity contribution in [2.75, 3.05) is 0 Å². The van der Waals surface area contributed by atoms with Gasteiger partial charge in [-0.25, -0.2) is 9.67 Å². The van der Waals surface area contributed by atoms with Gasteiger partial charge in [0, 0.05) is 12.8 Å². The molecule has 4 nitrogen and oxygen atoms in total. The molecule has 0 aliphatic heterocycles. The molecule has 0 fully saturated rings. The Bertz CT molecular complexity index is 282. The first kappa shape index (κ1) is 11.9. The minimum Gasteiger partial charge on any atom is -0.300 e. The van der Waals surface area contributed by atoms with Crippen LogP contribution in [0.1, 0.15) is 52.0 Å². The van der Waals surface area contributed by atoms with Gasteiger partial charge in [-0.2, -0.15) is 5.10 Å². The highest BCUT2D eigenvalue weighted by Crippen LogP contribution is 2.17. The molecule has 4 heteroatoms. The molecule has 15 heavy (non-hydrogen) atoms. The highest BCUT2D eigenvalue weighted by molar-refractivity contribution is 5.78. The molecule has 0 aromatic carbocycles. The number of hydrogen-bond donors (Lipinski definition) is 0. The molecule has 1 aromatic rings. The molecule has 0 radical (unpaired) electrons. The molecule has 0 bridgehead atoms. The summed E-state index contributed by atoms with van der Waals surface area (Å²) in [4.78, 5) is 15.5. The quantitative estimate of drug-likeness (QED) is 0.692. The van der Waals surface area contributed by atoms with Gasteiger partial charge in [0.25, 0.3) is 0 Å². The lowest BCUT2D eigenvalue weighted by molar-refractivity contribution is -0.120. The molecule has 0 N–H and O–H groups in total. The van der Waals surface area contributed by atoms with Crippen molar-refractivity contribution in [1.29, 1.82) is 0 Å². The molecular weight excluding hydrogens is 190 g/mol. The molecule has 0 spiro atoms. The lowest BCUT2D eigenvalue weighted by Gasteiger charge is -2.14. The first-order valence-electron chi connectivity index (χ1n) is 5.63. The fourth-order valence-electron chi connectivity index (χ4n) is 1.71. The Hall–Kier alpha value is -1.19. The Morgan fingerprint density at radius 1 is 1.40 bits per heavy atom. The monoisotopic (exact) mass is 209 g/mol.